The van der Waals surface area contributed by atoms with Gasteiger partial charge in [-0.3, -0.25) is 5.43 Å². The van der Waals surface area contributed by atoms with Gasteiger partial charge in [-0.25, -0.2) is 0 Å². The topological polar surface area (TPSA) is 42.8 Å². The Morgan fingerprint density at radius 2 is 1.81 bits per heavy atom. The third-order valence-electron chi connectivity index (χ3n) is 3.29. The zero-order chi connectivity index (χ0) is 15.2. The number of ether oxygens (including phenoxy) is 2. The SMILES string of the molecule is COc1ccc(/C(C)=N\Nc2ccccc2C)c(OC)c1. The Kier molecular flexibility index (Phi) is 4.82. The summed E-state index contributed by atoms with van der Waals surface area (Å²) in [6.45, 7) is 3.98. The molecule has 2 aromatic rings. The number of anilines is 1. The molecule has 110 valence electrons. The average molecular weight is 284 g/mol. The van der Waals surface area contributed by atoms with E-state index in [1.165, 1.54) is 0 Å². The number of hydrogen-bond acceptors (Lipinski definition) is 4. The van der Waals surface area contributed by atoms with Crippen molar-refractivity contribution in [3.63, 3.8) is 0 Å². The fraction of sp³-hybridized carbons (Fsp3) is 0.235. The highest BCUT2D eigenvalue weighted by molar-refractivity contribution is 6.01. The standard InChI is InChI=1S/C17H20N2O2/c1-12-7-5-6-8-16(12)19-18-13(2)15-10-9-14(20-3)11-17(15)21-4/h5-11,19H,1-4H3/b18-13-. The first-order valence-corrected chi connectivity index (χ1v) is 6.74. The van der Waals surface area contributed by atoms with Gasteiger partial charge in [0.05, 0.1) is 25.6 Å². The highest BCUT2D eigenvalue weighted by atomic mass is 16.5. The molecule has 0 spiro atoms. The maximum absolute atomic E-state index is 5.40. The van der Waals surface area contributed by atoms with Crippen LogP contribution in [0.1, 0.15) is 18.1 Å². The molecule has 0 unspecified atom stereocenters. The van der Waals surface area contributed by atoms with Crippen LogP contribution in [0.5, 0.6) is 11.5 Å². The minimum Gasteiger partial charge on any atom is -0.497 e. The predicted molar refractivity (Wildman–Crippen MR) is 86.6 cm³/mol. The van der Waals surface area contributed by atoms with E-state index in [1.54, 1.807) is 14.2 Å². The molecule has 1 N–H and O–H groups in total. The van der Waals surface area contributed by atoms with Gasteiger partial charge in [0.25, 0.3) is 0 Å². The normalized spacial score (nSPS) is 11.1. The first kappa shape index (κ1) is 14.9. The van der Waals surface area contributed by atoms with Gasteiger partial charge in [-0.05, 0) is 37.6 Å². The first-order chi connectivity index (χ1) is 10.2. The number of benzene rings is 2. The van der Waals surface area contributed by atoms with Crippen LogP contribution < -0.4 is 14.9 Å². The second-order valence-corrected chi connectivity index (χ2v) is 4.69. The molecular formula is C17H20N2O2. The molecule has 2 aromatic carbocycles. The summed E-state index contributed by atoms with van der Waals surface area (Å²) in [6, 6.07) is 13.7. The molecule has 0 aliphatic rings. The third-order valence-corrected chi connectivity index (χ3v) is 3.29. The van der Waals surface area contributed by atoms with Crippen molar-refractivity contribution in [1.82, 2.24) is 0 Å². The number of nitrogens with one attached hydrogen (secondary N) is 1. The van der Waals surface area contributed by atoms with Gasteiger partial charge in [-0.1, -0.05) is 18.2 Å². The minimum absolute atomic E-state index is 0.738. The molecule has 0 bridgehead atoms. The zero-order valence-electron chi connectivity index (χ0n) is 12.8. The predicted octanol–water partition coefficient (Wildman–Crippen LogP) is 3.85. The second-order valence-electron chi connectivity index (χ2n) is 4.69. The van der Waals surface area contributed by atoms with Crippen molar-refractivity contribution in [2.24, 2.45) is 5.10 Å². The summed E-state index contributed by atoms with van der Waals surface area (Å²) in [5, 5.41) is 4.44. The van der Waals surface area contributed by atoms with Gasteiger partial charge in [0.1, 0.15) is 11.5 Å². The van der Waals surface area contributed by atoms with Crippen LogP contribution in [0.25, 0.3) is 0 Å². The van der Waals surface area contributed by atoms with E-state index in [0.717, 1.165) is 34.0 Å². The lowest BCUT2D eigenvalue weighted by Crippen LogP contribution is -2.03. The molecule has 0 radical (unpaired) electrons. The van der Waals surface area contributed by atoms with Crippen LogP contribution in [0.4, 0.5) is 5.69 Å². The molecule has 21 heavy (non-hydrogen) atoms. The number of rotatable bonds is 5. The lowest BCUT2D eigenvalue weighted by molar-refractivity contribution is 0.394. The Bertz CT molecular complexity index is 651. The Morgan fingerprint density at radius 3 is 2.48 bits per heavy atom. The number of methoxy groups -OCH3 is 2. The van der Waals surface area contributed by atoms with E-state index < -0.39 is 0 Å². The summed E-state index contributed by atoms with van der Waals surface area (Å²) < 4.78 is 10.6. The van der Waals surface area contributed by atoms with Gasteiger partial charge in [0, 0.05) is 11.6 Å². The quantitative estimate of drug-likeness (QED) is 0.670. The van der Waals surface area contributed by atoms with Crippen LogP contribution in [-0.2, 0) is 0 Å². The van der Waals surface area contributed by atoms with Crippen LogP contribution in [0, 0.1) is 6.92 Å². The number of hydrogen-bond donors (Lipinski definition) is 1. The van der Waals surface area contributed by atoms with E-state index in [0.29, 0.717) is 0 Å². The van der Waals surface area contributed by atoms with Gasteiger partial charge in [0.2, 0.25) is 0 Å². The summed E-state index contributed by atoms with van der Waals surface area (Å²) in [5.74, 6) is 1.50. The molecule has 4 nitrogen and oxygen atoms in total. The van der Waals surface area contributed by atoms with E-state index in [1.807, 2.05) is 56.3 Å². The van der Waals surface area contributed by atoms with Gasteiger partial charge < -0.3 is 9.47 Å². The molecule has 0 aliphatic heterocycles. The molecule has 4 heteroatoms. The molecule has 0 aliphatic carbocycles. The van der Waals surface area contributed by atoms with Crippen molar-refractivity contribution in [1.29, 1.82) is 0 Å². The second kappa shape index (κ2) is 6.79. The van der Waals surface area contributed by atoms with Crippen LogP contribution in [0.3, 0.4) is 0 Å². The molecular weight excluding hydrogens is 264 g/mol. The van der Waals surface area contributed by atoms with Crippen LogP contribution in [0.2, 0.25) is 0 Å². The van der Waals surface area contributed by atoms with Crippen molar-refractivity contribution in [3.8, 4) is 11.5 Å². The van der Waals surface area contributed by atoms with Gasteiger partial charge in [-0.15, -0.1) is 0 Å². The minimum atomic E-state index is 0.738. The van der Waals surface area contributed by atoms with E-state index in [-0.39, 0.29) is 0 Å². The number of para-hydroxylation sites is 1. The summed E-state index contributed by atoms with van der Waals surface area (Å²) >= 11 is 0. The fourth-order valence-corrected chi connectivity index (χ4v) is 2.00. The van der Waals surface area contributed by atoms with Crippen molar-refractivity contribution in [3.05, 3.63) is 53.6 Å². The molecule has 0 amide bonds. The smallest absolute Gasteiger partial charge is 0.131 e. The highest BCUT2D eigenvalue weighted by Gasteiger charge is 2.08. The largest absolute Gasteiger partial charge is 0.497 e. The molecule has 2 rings (SSSR count). The maximum atomic E-state index is 5.40. The van der Waals surface area contributed by atoms with Crippen LogP contribution in [-0.4, -0.2) is 19.9 Å². The van der Waals surface area contributed by atoms with Gasteiger partial charge in [-0.2, -0.15) is 5.10 Å². The fourth-order valence-electron chi connectivity index (χ4n) is 2.00. The summed E-state index contributed by atoms with van der Waals surface area (Å²) in [6.07, 6.45) is 0. The Labute approximate surface area is 125 Å². The monoisotopic (exact) mass is 284 g/mol. The molecule has 0 saturated heterocycles. The van der Waals surface area contributed by atoms with Crippen molar-refractivity contribution < 1.29 is 9.47 Å². The van der Waals surface area contributed by atoms with E-state index in [4.69, 9.17) is 9.47 Å². The zero-order valence-corrected chi connectivity index (χ0v) is 12.8. The summed E-state index contributed by atoms with van der Waals surface area (Å²) in [5.41, 5.74) is 7.01. The molecule has 0 atom stereocenters. The lowest BCUT2D eigenvalue weighted by Gasteiger charge is -2.11. The number of nitrogens with zero attached hydrogens (tertiary/aromatic N) is 1. The lowest BCUT2D eigenvalue weighted by atomic mass is 10.1. The van der Waals surface area contributed by atoms with Crippen molar-refractivity contribution in [2.45, 2.75) is 13.8 Å². The van der Waals surface area contributed by atoms with Crippen LogP contribution >= 0.6 is 0 Å². The number of hydrazone groups is 1. The Hall–Kier alpha value is -2.49. The molecule has 0 heterocycles. The molecule has 0 aromatic heterocycles. The first-order valence-electron chi connectivity index (χ1n) is 6.74. The van der Waals surface area contributed by atoms with E-state index in [2.05, 4.69) is 10.5 Å². The van der Waals surface area contributed by atoms with Gasteiger partial charge in [0.15, 0.2) is 0 Å². The molecule has 0 fully saturated rings. The van der Waals surface area contributed by atoms with Gasteiger partial charge >= 0.3 is 0 Å². The summed E-state index contributed by atoms with van der Waals surface area (Å²) in [4.78, 5) is 0. The maximum Gasteiger partial charge on any atom is 0.131 e. The Morgan fingerprint density at radius 1 is 1.05 bits per heavy atom. The number of aryl methyl sites for hydroxylation is 1. The highest BCUT2D eigenvalue weighted by Crippen LogP contribution is 2.25. The summed E-state index contributed by atoms with van der Waals surface area (Å²) in [7, 11) is 3.27. The van der Waals surface area contributed by atoms with Crippen molar-refractivity contribution >= 4 is 11.4 Å². The van der Waals surface area contributed by atoms with Crippen molar-refractivity contribution in [2.75, 3.05) is 19.6 Å². The average Bonchev–Trinajstić information content (AvgIpc) is 2.53. The van der Waals surface area contributed by atoms with E-state index in [9.17, 15) is 0 Å². The Balaban J connectivity index is 2.25. The van der Waals surface area contributed by atoms with E-state index >= 15 is 0 Å². The third kappa shape index (κ3) is 3.54. The van der Waals surface area contributed by atoms with Crippen LogP contribution in [0.15, 0.2) is 47.6 Å². The molecule has 0 saturated carbocycles.